The minimum Gasteiger partial charge on any atom is -0.465 e. The number of aromatic nitrogens is 1. The fraction of sp³-hybridized carbons (Fsp3) is 0.611. The number of aromatic amines is 1. The van der Waals surface area contributed by atoms with E-state index in [4.69, 9.17) is 9.47 Å². The number of amides is 1. The Bertz CT molecular complexity index is 644. The van der Waals surface area contributed by atoms with Crippen molar-refractivity contribution in [3.63, 3.8) is 0 Å². The minimum atomic E-state index is -0.663. The molecule has 0 spiro atoms. The SMILES string of the molecule is COC(=O)c1c(C)[nH]c(C(=O)OCC(=O)NCC2CCCCC2)c1C. The summed E-state index contributed by atoms with van der Waals surface area (Å²) in [5, 5.41) is 2.82. The maximum atomic E-state index is 12.2. The number of rotatable bonds is 6. The Labute approximate surface area is 147 Å². The van der Waals surface area contributed by atoms with Gasteiger partial charge in [-0.25, -0.2) is 9.59 Å². The predicted octanol–water partition coefficient (Wildman–Crippen LogP) is 2.27. The molecule has 138 valence electrons. The minimum absolute atomic E-state index is 0.165. The molecule has 0 atom stereocenters. The van der Waals surface area contributed by atoms with E-state index >= 15 is 0 Å². The van der Waals surface area contributed by atoms with E-state index in [1.807, 2.05) is 0 Å². The number of ether oxygens (including phenoxy) is 2. The highest BCUT2D eigenvalue weighted by Crippen LogP contribution is 2.22. The quantitative estimate of drug-likeness (QED) is 0.767. The van der Waals surface area contributed by atoms with Gasteiger partial charge in [-0.3, -0.25) is 4.79 Å². The molecule has 25 heavy (non-hydrogen) atoms. The zero-order valence-electron chi connectivity index (χ0n) is 15.1. The molecule has 1 aliphatic rings. The maximum absolute atomic E-state index is 12.2. The molecule has 0 saturated heterocycles. The summed E-state index contributed by atoms with van der Waals surface area (Å²) >= 11 is 0. The second-order valence-electron chi connectivity index (χ2n) is 6.50. The molecule has 1 aliphatic carbocycles. The van der Waals surface area contributed by atoms with E-state index in [0.29, 0.717) is 29.3 Å². The average Bonchev–Trinajstić information content (AvgIpc) is 2.92. The number of carbonyl (C=O) groups is 3. The summed E-state index contributed by atoms with van der Waals surface area (Å²) in [5.74, 6) is -0.976. The molecular weight excluding hydrogens is 324 g/mol. The van der Waals surface area contributed by atoms with Gasteiger partial charge in [0.1, 0.15) is 5.69 Å². The van der Waals surface area contributed by atoms with E-state index < -0.39 is 11.9 Å². The molecule has 7 nitrogen and oxygen atoms in total. The van der Waals surface area contributed by atoms with Crippen molar-refractivity contribution in [2.24, 2.45) is 5.92 Å². The first-order valence-electron chi connectivity index (χ1n) is 8.65. The van der Waals surface area contributed by atoms with E-state index in [1.54, 1.807) is 13.8 Å². The number of methoxy groups -OCH3 is 1. The van der Waals surface area contributed by atoms with E-state index in [0.717, 1.165) is 12.8 Å². The lowest BCUT2D eigenvalue weighted by atomic mass is 9.89. The van der Waals surface area contributed by atoms with E-state index in [2.05, 4.69) is 10.3 Å². The van der Waals surface area contributed by atoms with Crippen LogP contribution < -0.4 is 5.32 Å². The third-order valence-corrected chi connectivity index (χ3v) is 4.68. The van der Waals surface area contributed by atoms with Crippen LogP contribution in [0.1, 0.15) is 64.2 Å². The number of hydrogen-bond donors (Lipinski definition) is 2. The predicted molar refractivity (Wildman–Crippen MR) is 91.5 cm³/mol. The van der Waals surface area contributed by atoms with Crippen molar-refractivity contribution in [3.05, 3.63) is 22.5 Å². The fourth-order valence-corrected chi connectivity index (χ4v) is 3.27. The summed E-state index contributed by atoms with van der Waals surface area (Å²) in [4.78, 5) is 38.6. The van der Waals surface area contributed by atoms with Crippen molar-refractivity contribution in [3.8, 4) is 0 Å². The Hall–Kier alpha value is -2.31. The molecule has 0 radical (unpaired) electrons. The largest absolute Gasteiger partial charge is 0.465 e. The number of H-pyrrole nitrogens is 1. The van der Waals surface area contributed by atoms with Crippen LogP contribution in [0.5, 0.6) is 0 Å². The van der Waals surface area contributed by atoms with Crippen molar-refractivity contribution < 1.29 is 23.9 Å². The molecule has 1 heterocycles. The summed E-state index contributed by atoms with van der Waals surface area (Å²) in [5.41, 5.74) is 1.46. The van der Waals surface area contributed by atoms with Gasteiger partial charge in [-0.15, -0.1) is 0 Å². The van der Waals surface area contributed by atoms with Gasteiger partial charge in [0, 0.05) is 12.2 Å². The van der Waals surface area contributed by atoms with Gasteiger partial charge < -0.3 is 19.8 Å². The lowest BCUT2D eigenvalue weighted by Crippen LogP contribution is -2.33. The zero-order chi connectivity index (χ0) is 18.4. The average molecular weight is 350 g/mol. The summed E-state index contributed by atoms with van der Waals surface area (Å²) in [6, 6.07) is 0. The van der Waals surface area contributed by atoms with Crippen LogP contribution in [0.4, 0.5) is 0 Å². The molecule has 1 saturated carbocycles. The molecule has 0 bridgehead atoms. The van der Waals surface area contributed by atoms with Gasteiger partial charge in [0.2, 0.25) is 0 Å². The Morgan fingerprint density at radius 3 is 2.44 bits per heavy atom. The van der Waals surface area contributed by atoms with E-state index in [9.17, 15) is 14.4 Å². The first-order chi connectivity index (χ1) is 11.9. The molecule has 1 fully saturated rings. The van der Waals surface area contributed by atoms with Gasteiger partial charge in [-0.05, 0) is 38.2 Å². The fourth-order valence-electron chi connectivity index (χ4n) is 3.27. The topological polar surface area (TPSA) is 97.5 Å². The normalized spacial score (nSPS) is 14.8. The van der Waals surface area contributed by atoms with Crippen LogP contribution >= 0.6 is 0 Å². The summed E-state index contributed by atoms with van der Waals surface area (Å²) < 4.78 is 9.76. The highest BCUT2D eigenvalue weighted by Gasteiger charge is 2.24. The Morgan fingerprint density at radius 1 is 1.12 bits per heavy atom. The first-order valence-corrected chi connectivity index (χ1v) is 8.65. The standard InChI is InChI=1S/C18H26N2O5/c1-11-15(17(22)24-3)12(2)20-16(11)18(23)25-10-14(21)19-9-13-7-5-4-6-8-13/h13,20H,4-10H2,1-3H3,(H,19,21). The van der Waals surface area contributed by atoms with Crippen LogP contribution in [0, 0.1) is 19.8 Å². The van der Waals surface area contributed by atoms with Crippen molar-refractivity contribution in [2.45, 2.75) is 46.0 Å². The molecular formula is C18H26N2O5. The second kappa shape index (κ2) is 8.69. The van der Waals surface area contributed by atoms with Crippen molar-refractivity contribution in [1.82, 2.24) is 10.3 Å². The van der Waals surface area contributed by atoms with Crippen molar-refractivity contribution in [1.29, 1.82) is 0 Å². The summed E-state index contributed by atoms with van der Waals surface area (Å²) in [7, 11) is 1.28. The van der Waals surface area contributed by atoms with Gasteiger partial charge >= 0.3 is 11.9 Å². The molecule has 1 amide bonds. The van der Waals surface area contributed by atoms with Crippen LogP contribution in [0.2, 0.25) is 0 Å². The number of carbonyl (C=O) groups excluding carboxylic acids is 3. The lowest BCUT2D eigenvalue weighted by molar-refractivity contribution is -0.124. The third-order valence-electron chi connectivity index (χ3n) is 4.68. The molecule has 2 rings (SSSR count). The molecule has 1 aromatic heterocycles. The smallest absolute Gasteiger partial charge is 0.355 e. The van der Waals surface area contributed by atoms with E-state index in [1.165, 1.54) is 26.4 Å². The zero-order valence-corrected chi connectivity index (χ0v) is 15.1. The van der Waals surface area contributed by atoms with Gasteiger partial charge in [0.05, 0.1) is 12.7 Å². The Morgan fingerprint density at radius 2 is 1.80 bits per heavy atom. The highest BCUT2D eigenvalue weighted by molar-refractivity contribution is 5.99. The molecule has 0 aromatic carbocycles. The van der Waals surface area contributed by atoms with Crippen LogP contribution in [0.15, 0.2) is 0 Å². The Kier molecular flexibility index (Phi) is 6.61. The van der Waals surface area contributed by atoms with Crippen molar-refractivity contribution in [2.75, 3.05) is 20.3 Å². The van der Waals surface area contributed by atoms with Crippen LogP contribution in [0.3, 0.4) is 0 Å². The summed E-state index contributed by atoms with van der Waals surface area (Å²) in [6.45, 7) is 3.60. The highest BCUT2D eigenvalue weighted by atomic mass is 16.5. The molecule has 7 heteroatoms. The molecule has 2 N–H and O–H groups in total. The van der Waals surface area contributed by atoms with Gasteiger partial charge in [-0.1, -0.05) is 19.3 Å². The monoisotopic (exact) mass is 350 g/mol. The Balaban J connectivity index is 1.85. The van der Waals surface area contributed by atoms with Crippen LogP contribution in [-0.4, -0.2) is 43.1 Å². The van der Waals surface area contributed by atoms with Gasteiger partial charge in [0.25, 0.3) is 5.91 Å². The molecule has 0 unspecified atom stereocenters. The second-order valence-corrected chi connectivity index (χ2v) is 6.50. The van der Waals surface area contributed by atoms with Gasteiger partial charge in [0.15, 0.2) is 6.61 Å². The van der Waals surface area contributed by atoms with Crippen LogP contribution in [-0.2, 0) is 14.3 Å². The van der Waals surface area contributed by atoms with E-state index in [-0.39, 0.29) is 18.2 Å². The first kappa shape index (κ1) is 19.0. The third kappa shape index (κ3) is 4.84. The van der Waals surface area contributed by atoms with Crippen LogP contribution in [0.25, 0.3) is 0 Å². The number of hydrogen-bond acceptors (Lipinski definition) is 5. The maximum Gasteiger partial charge on any atom is 0.355 e. The lowest BCUT2D eigenvalue weighted by Gasteiger charge is -2.21. The van der Waals surface area contributed by atoms with Gasteiger partial charge in [-0.2, -0.15) is 0 Å². The van der Waals surface area contributed by atoms with Crippen molar-refractivity contribution >= 4 is 17.8 Å². The molecule has 0 aliphatic heterocycles. The number of nitrogens with one attached hydrogen (secondary N) is 2. The molecule has 1 aromatic rings. The summed E-state index contributed by atoms with van der Waals surface area (Å²) in [6.07, 6.45) is 5.96. The number of esters is 2. The number of aryl methyl sites for hydroxylation is 1.